The van der Waals surface area contributed by atoms with Crippen molar-refractivity contribution in [1.29, 1.82) is 0 Å². The zero-order valence-electron chi connectivity index (χ0n) is 17.3. The summed E-state index contributed by atoms with van der Waals surface area (Å²) >= 11 is 0. The van der Waals surface area contributed by atoms with Crippen LogP contribution in [0, 0.1) is 11.8 Å². The third-order valence-electron chi connectivity index (χ3n) is 5.08. The van der Waals surface area contributed by atoms with Crippen molar-refractivity contribution < 1.29 is 14.3 Å². The molecule has 0 aromatic rings. The summed E-state index contributed by atoms with van der Waals surface area (Å²) in [4.78, 5) is 18.7. The second-order valence-electron chi connectivity index (χ2n) is 7.82. The number of aliphatic imine (C=N–C) groups is 1. The summed E-state index contributed by atoms with van der Waals surface area (Å²) in [5.41, 5.74) is 0. The zero-order chi connectivity index (χ0) is 19.5. The molecule has 2 saturated heterocycles. The minimum atomic E-state index is 0.0804. The molecule has 0 bridgehead atoms. The highest BCUT2D eigenvalue weighted by atomic mass is 16.5. The first-order valence-electron chi connectivity index (χ1n) is 10.6. The van der Waals surface area contributed by atoms with Gasteiger partial charge in [0, 0.05) is 57.3 Å². The monoisotopic (exact) mass is 382 g/mol. The van der Waals surface area contributed by atoms with Gasteiger partial charge in [-0.05, 0) is 32.6 Å². The number of ether oxygens (including phenoxy) is 2. The van der Waals surface area contributed by atoms with Crippen LogP contribution in [0.1, 0.15) is 46.5 Å². The second-order valence-corrected chi connectivity index (χ2v) is 7.82. The molecule has 2 aliphatic rings. The lowest BCUT2D eigenvalue weighted by molar-refractivity contribution is -0.135. The quantitative estimate of drug-likeness (QED) is 0.360. The molecule has 0 aromatic carbocycles. The smallest absolute Gasteiger partial charge is 0.225 e. The first kappa shape index (κ1) is 22.0. The Kier molecular flexibility index (Phi) is 9.91. The Morgan fingerprint density at radius 1 is 1.30 bits per heavy atom. The molecular formula is C20H38N4O3. The van der Waals surface area contributed by atoms with E-state index in [1.54, 1.807) is 0 Å². The molecule has 7 nitrogen and oxygen atoms in total. The summed E-state index contributed by atoms with van der Waals surface area (Å²) in [6.07, 6.45) is 3.98. The summed E-state index contributed by atoms with van der Waals surface area (Å²) in [7, 11) is 0. The van der Waals surface area contributed by atoms with E-state index < -0.39 is 0 Å². The van der Waals surface area contributed by atoms with Gasteiger partial charge in [0.2, 0.25) is 5.91 Å². The first-order valence-corrected chi connectivity index (χ1v) is 10.6. The van der Waals surface area contributed by atoms with Crippen molar-refractivity contribution in [3.63, 3.8) is 0 Å². The largest absolute Gasteiger partial charge is 0.381 e. The van der Waals surface area contributed by atoms with Crippen LogP contribution >= 0.6 is 0 Å². The molecule has 27 heavy (non-hydrogen) atoms. The minimum absolute atomic E-state index is 0.0804. The van der Waals surface area contributed by atoms with E-state index in [9.17, 15) is 4.79 Å². The van der Waals surface area contributed by atoms with E-state index in [1.807, 2.05) is 18.7 Å². The maximum absolute atomic E-state index is 12.1. The van der Waals surface area contributed by atoms with Crippen LogP contribution in [-0.2, 0) is 14.3 Å². The molecule has 2 rings (SSSR count). The first-order chi connectivity index (χ1) is 13.1. The Morgan fingerprint density at radius 2 is 2.07 bits per heavy atom. The maximum atomic E-state index is 12.1. The van der Waals surface area contributed by atoms with Crippen LogP contribution in [-0.4, -0.2) is 75.4 Å². The Morgan fingerprint density at radius 3 is 2.70 bits per heavy atom. The van der Waals surface area contributed by atoms with Gasteiger partial charge in [0.1, 0.15) is 0 Å². The van der Waals surface area contributed by atoms with Crippen molar-refractivity contribution >= 4 is 11.9 Å². The standard InChI is InChI=1S/C20H38N4O3/c1-4-21-20(22-9-5-12-26-14-17-8-13-27-15-17)23-18-6-10-24(11-7-18)19(25)16(2)3/h16-18H,4-15H2,1-3H3,(H2,21,22,23). The van der Waals surface area contributed by atoms with Crippen molar-refractivity contribution in [2.75, 3.05) is 52.6 Å². The normalized spacial score (nSPS) is 21.7. The van der Waals surface area contributed by atoms with Crippen LogP contribution < -0.4 is 10.6 Å². The van der Waals surface area contributed by atoms with E-state index in [0.717, 1.165) is 84.2 Å². The van der Waals surface area contributed by atoms with Crippen molar-refractivity contribution in [1.82, 2.24) is 15.5 Å². The summed E-state index contributed by atoms with van der Waals surface area (Å²) < 4.78 is 11.1. The topological polar surface area (TPSA) is 75.2 Å². The van der Waals surface area contributed by atoms with Gasteiger partial charge in [0.05, 0.1) is 13.2 Å². The minimum Gasteiger partial charge on any atom is -0.381 e. The molecule has 0 aliphatic carbocycles. The van der Waals surface area contributed by atoms with Crippen molar-refractivity contribution in [3.05, 3.63) is 0 Å². The number of likely N-dealkylation sites (tertiary alicyclic amines) is 1. The Hall–Kier alpha value is -1.34. The second kappa shape index (κ2) is 12.2. The van der Waals surface area contributed by atoms with E-state index >= 15 is 0 Å². The molecule has 156 valence electrons. The van der Waals surface area contributed by atoms with Crippen LogP contribution in [0.2, 0.25) is 0 Å². The van der Waals surface area contributed by atoms with Crippen LogP contribution in [0.5, 0.6) is 0 Å². The van der Waals surface area contributed by atoms with Crippen LogP contribution in [0.4, 0.5) is 0 Å². The van der Waals surface area contributed by atoms with Gasteiger partial charge in [-0.15, -0.1) is 0 Å². The summed E-state index contributed by atoms with van der Waals surface area (Å²) in [6, 6.07) is 0.373. The maximum Gasteiger partial charge on any atom is 0.225 e. The third kappa shape index (κ3) is 8.05. The number of amides is 1. The Balaban J connectivity index is 1.63. The number of nitrogens with one attached hydrogen (secondary N) is 2. The van der Waals surface area contributed by atoms with Gasteiger partial charge in [-0.25, -0.2) is 0 Å². The molecule has 2 aliphatic heterocycles. The number of hydrogen-bond acceptors (Lipinski definition) is 4. The highest BCUT2D eigenvalue weighted by molar-refractivity contribution is 5.80. The van der Waals surface area contributed by atoms with Gasteiger partial charge in [-0.2, -0.15) is 0 Å². The van der Waals surface area contributed by atoms with Gasteiger partial charge < -0.3 is 25.0 Å². The average Bonchev–Trinajstić information content (AvgIpc) is 3.18. The summed E-state index contributed by atoms with van der Waals surface area (Å²) in [5, 5.41) is 6.84. The summed E-state index contributed by atoms with van der Waals surface area (Å²) in [5.74, 6) is 1.78. The SMILES string of the molecule is CCNC(=NCCCOCC1CCOC1)NC1CCN(C(=O)C(C)C)CC1. The molecule has 0 aromatic heterocycles. The van der Waals surface area contributed by atoms with Gasteiger partial charge in [-0.1, -0.05) is 13.8 Å². The fraction of sp³-hybridized carbons (Fsp3) is 0.900. The predicted octanol–water partition coefficient (Wildman–Crippen LogP) is 1.63. The van der Waals surface area contributed by atoms with Gasteiger partial charge in [-0.3, -0.25) is 9.79 Å². The molecule has 1 unspecified atom stereocenters. The van der Waals surface area contributed by atoms with E-state index in [1.165, 1.54) is 0 Å². The van der Waals surface area contributed by atoms with E-state index in [4.69, 9.17) is 9.47 Å². The van der Waals surface area contributed by atoms with Crippen LogP contribution in [0.25, 0.3) is 0 Å². The molecule has 1 atom stereocenters. The number of carbonyl (C=O) groups is 1. The van der Waals surface area contributed by atoms with Gasteiger partial charge >= 0.3 is 0 Å². The molecule has 7 heteroatoms. The Bertz CT molecular complexity index is 456. The summed E-state index contributed by atoms with van der Waals surface area (Å²) in [6.45, 7) is 12.5. The molecule has 0 spiro atoms. The zero-order valence-corrected chi connectivity index (χ0v) is 17.3. The lowest BCUT2D eigenvalue weighted by atomic mass is 10.0. The van der Waals surface area contributed by atoms with E-state index in [2.05, 4.69) is 22.5 Å². The van der Waals surface area contributed by atoms with Crippen molar-refractivity contribution in [2.45, 2.75) is 52.5 Å². The molecule has 2 heterocycles. The third-order valence-corrected chi connectivity index (χ3v) is 5.08. The number of nitrogens with zero attached hydrogens (tertiary/aromatic N) is 2. The van der Waals surface area contributed by atoms with Crippen LogP contribution in [0.3, 0.4) is 0 Å². The lowest BCUT2D eigenvalue weighted by Crippen LogP contribution is -2.50. The molecule has 0 saturated carbocycles. The molecule has 0 radical (unpaired) electrons. The van der Waals surface area contributed by atoms with E-state index in [0.29, 0.717) is 12.0 Å². The van der Waals surface area contributed by atoms with Gasteiger partial charge in [0.25, 0.3) is 0 Å². The highest BCUT2D eigenvalue weighted by Gasteiger charge is 2.24. The lowest BCUT2D eigenvalue weighted by Gasteiger charge is -2.34. The fourth-order valence-corrected chi connectivity index (χ4v) is 3.44. The number of carbonyl (C=O) groups excluding carboxylic acids is 1. The number of rotatable bonds is 9. The van der Waals surface area contributed by atoms with Gasteiger partial charge in [0.15, 0.2) is 5.96 Å². The average molecular weight is 383 g/mol. The molecule has 1 amide bonds. The Labute approximate surface area is 164 Å². The number of piperidine rings is 1. The molecule has 2 N–H and O–H groups in total. The number of hydrogen-bond donors (Lipinski definition) is 2. The van der Waals surface area contributed by atoms with E-state index in [-0.39, 0.29) is 11.8 Å². The van der Waals surface area contributed by atoms with Crippen molar-refractivity contribution in [2.24, 2.45) is 16.8 Å². The predicted molar refractivity (Wildman–Crippen MR) is 108 cm³/mol. The molecule has 2 fully saturated rings. The fourth-order valence-electron chi connectivity index (χ4n) is 3.44. The van der Waals surface area contributed by atoms with Crippen molar-refractivity contribution in [3.8, 4) is 0 Å². The molecular weight excluding hydrogens is 344 g/mol. The van der Waals surface area contributed by atoms with Crippen LogP contribution in [0.15, 0.2) is 4.99 Å². The highest BCUT2D eigenvalue weighted by Crippen LogP contribution is 2.13. The number of guanidine groups is 1.